The Kier molecular flexibility index (Phi) is 5.43. The second-order valence-electron chi connectivity index (χ2n) is 4.90. The van der Waals surface area contributed by atoms with E-state index >= 15 is 0 Å². The summed E-state index contributed by atoms with van der Waals surface area (Å²) in [7, 11) is 0. The lowest BCUT2D eigenvalue weighted by molar-refractivity contribution is -0.306. The number of carboxylic acids is 1. The Balaban J connectivity index is 2.49. The van der Waals surface area contributed by atoms with Gasteiger partial charge in [-0.25, -0.2) is 0 Å². The van der Waals surface area contributed by atoms with Crippen LogP contribution in [0.4, 0.5) is 0 Å². The van der Waals surface area contributed by atoms with E-state index in [9.17, 15) is 15.2 Å². The first-order valence-corrected chi connectivity index (χ1v) is 7.37. The van der Waals surface area contributed by atoms with Crippen molar-refractivity contribution < 1.29 is 9.90 Å². The van der Waals surface area contributed by atoms with E-state index in [-0.39, 0.29) is 6.42 Å². The molecule has 0 radical (unpaired) electrons. The van der Waals surface area contributed by atoms with Crippen LogP contribution in [0.3, 0.4) is 0 Å². The number of carbonyl (C=O) groups excluding carboxylic acids is 1. The predicted molar refractivity (Wildman–Crippen MR) is 83.6 cm³/mol. The second-order valence-corrected chi connectivity index (χ2v) is 5.78. The molecule has 3 nitrogen and oxygen atoms in total. The Hall–Kier alpha value is -2.02. The number of halogens is 2. The van der Waals surface area contributed by atoms with Gasteiger partial charge in [0.05, 0.1) is 12.0 Å². The van der Waals surface area contributed by atoms with Crippen LogP contribution in [0.25, 0.3) is 0 Å². The third-order valence-electron chi connectivity index (χ3n) is 3.40. The summed E-state index contributed by atoms with van der Waals surface area (Å²) in [6, 6.07) is 16.0. The topological polar surface area (TPSA) is 63.9 Å². The molecule has 2 aromatic carbocycles. The molecule has 0 aromatic heterocycles. The van der Waals surface area contributed by atoms with E-state index in [0.29, 0.717) is 15.6 Å². The maximum absolute atomic E-state index is 11.1. The van der Waals surface area contributed by atoms with Crippen molar-refractivity contribution in [1.29, 1.82) is 5.26 Å². The molecule has 0 fully saturated rings. The average Bonchev–Trinajstić information content (AvgIpc) is 2.46. The molecule has 0 saturated heterocycles. The predicted octanol–water partition coefficient (Wildman–Crippen LogP) is 3.52. The first kappa shape index (κ1) is 16.4. The molecule has 0 aliphatic rings. The van der Waals surface area contributed by atoms with Gasteiger partial charge >= 0.3 is 0 Å². The Labute approximate surface area is 138 Å². The summed E-state index contributed by atoms with van der Waals surface area (Å²) in [5.74, 6) is -2.44. The minimum atomic E-state index is -1.22. The summed E-state index contributed by atoms with van der Waals surface area (Å²) >= 11 is 12.0. The van der Waals surface area contributed by atoms with E-state index in [1.807, 2.05) is 6.07 Å². The van der Waals surface area contributed by atoms with E-state index in [1.165, 1.54) is 0 Å². The quantitative estimate of drug-likeness (QED) is 0.841. The van der Waals surface area contributed by atoms with Gasteiger partial charge in [-0.15, -0.1) is 0 Å². The third kappa shape index (κ3) is 4.00. The molecule has 0 spiro atoms. The van der Waals surface area contributed by atoms with E-state index in [2.05, 4.69) is 6.07 Å². The number of nitriles is 1. The van der Waals surface area contributed by atoms with Gasteiger partial charge in [0.1, 0.15) is 0 Å². The number of benzene rings is 2. The van der Waals surface area contributed by atoms with Gasteiger partial charge in [-0.3, -0.25) is 0 Å². The van der Waals surface area contributed by atoms with Crippen LogP contribution < -0.4 is 5.11 Å². The normalized spacial score (nSPS) is 13.1. The van der Waals surface area contributed by atoms with Crippen LogP contribution in [0.5, 0.6) is 0 Å². The van der Waals surface area contributed by atoms with Crippen LogP contribution >= 0.6 is 23.2 Å². The van der Waals surface area contributed by atoms with Crippen molar-refractivity contribution in [3.63, 3.8) is 0 Å². The maximum Gasteiger partial charge on any atom is 0.0784 e. The lowest BCUT2D eigenvalue weighted by Gasteiger charge is -2.24. The molecule has 0 N–H and O–H groups in total. The number of hydrogen-bond donors (Lipinski definition) is 0. The highest BCUT2D eigenvalue weighted by Gasteiger charge is 2.25. The van der Waals surface area contributed by atoms with Gasteiger partial charge in [0, 0.05) is 21.9 Å². The molecular weight excluding hydrogens is 321 g/mol. The lowest BCUT2D eigenvalue weighted by atomic mass is 9.80. The smallest absolute Gasteiger partial charge is 0.0784 e. The van der Waals surface area contributed by atoms with Gasteiger partial charge in [-0.2, -0.15) is 5.26 Å². The number of hydrogen-bond acceptors (Lipinski definition) is 3. The van der Waals surface area contributed by atoms with Crippen molar-refractivity contribution in [2.75, 3.05) is 0 Å². The molecule has 22 heavy (non-hydrogen) atoms. The summed E-state index contributed by atoms with van der Waals surface area (Å²) in [4.78, 5) is 11.1. The van der Waals surface area contributed by atoms with Gasteiger partial charge in [0.25, 0.3) is 0 Å². The summed E-state index contributed by atoms with van der Waals surface area (Å²) in [5.41, 5.74) is 1.35. The fourth-order valence-electron chi connectivity index (χ4n) is 2.45. The van der Waals surface area contributed by atoms with Crippen LogP contribution in [0.2, 0.25) is 10.0 Å². The molecule has 2 rings (SSSR count). The Morgan fingerprint density at radius 1 is 1.09 bits per heavy atom. The van der Waals surface area contributed by atoms with Crippen molar-refractivity contribution in [3.05, 3.63) is 69.7 Å². The van der Waals surface area contributed by atoms with Gasteiger partial charge in [0.2, 0.25) is 0 Å². The van der Waals surface area contributed by atoms with Gasteiger partial charge in [-0.1, -0.05) is 53.5 Å². The molecule has 0 amide bonds. The van der Waals surface area contributed by atoms with Crippen molar-refractivity contribution in [2.45, 2.75) is 18.3 Å². The zero-order valence-electron chi connectivity index (χ0n) is 11.5. The van der Waals surface area contributed by atoms with E-state index < -0.39 is 17.8 Å². The standard InChI is InChI=1S/C17H13Cl2NO2/c18-13-6-12(7-14(19)8-13)15(9-17(21)22)16(10-20)11-4-2-1-3-5-11/h1-8,15-16H,9H2,(H,21,22)/p-1. The van der Waals surface area contributed by atoms with Crippen LogP contribution in [-0.2, 0) is 4.79 Å². The number of rotatable bonds is 5. The zero-order chi connectivity index (χ0) is 16.1. The highest BCUT2D eigenvalue weighted by atomic mass is 35.5. The number of carboxylic acid groups (broad SMARTS) is 1. The van der Waals surface area contributed by atoms with Crippen molar-refractivity contribution in [2.24, 2.45) is 0 Å². The molecule has 5 heteroatoms. The first-order chi connectivity index (χ1) is 10.5. The van der Waals surface area contributed by atoms with Gasteiger partial charge in [-0.05, 0) is 35.7 Å². The Morgan fingerprint density at radius 2 is 1.68 bits per heavy atom. The Bertz CT molecular complexity index is 690. The van der Waals surface area contributed by atoms with E-state index in [0.717, 1.165) is 5.56 Å². The maximum atomic E-state index is 11.1. The van der Waals surface area contributed by atoms with Crippen LogP contribution in [-0.4, -0.2) is 5.97 Å². The van der Waals surface area contributed by atoms with Gasteiger partial charge in [0.15, 0.2) is 0 Å². The molecular formula is C17H12Cl2NO2-. The highest BCUT2D eigenvalue weighted by molar-refractivity contribution is 6.34. The molecule has 2 atom stereocenters. The minimum Gasteiger partial charge on any atom is -0.550 e. The molecule has 0 saturated carbocycles. The third-order valence-corrected chi connectivity index (χ3v) is 3.84. The number of carbonyl (C=O) groups is 1. The molecule has 0 aliphatic heterocycles. The van der Waals surface area contributed by atoms with Crippen LogP contribution in [0.1, 0.15) is 29.4 Å². The Morgan fingerprint density at radius 3 is 2.18 bits per heavy atom. The van der Waals surface area contributed by atoms with Crippen LogP contribution in [0, 0.1) is 11.3 Å². The van der Waals surface area contributed by atoms with Crippen LogP contribution in [0.15, 0.2) is 48.5 Å². The summed E-state index contributed by atoms with van der Waals surface area (Å²) in [6.45, 7) is 0. The average molecular weight is 333 g/mol. The molecule has 112 valence electrons. The van der Waals surface area contributed by atoms with E-state index in [1.54, 1.807) is 42.5 Å². The van der Waals surface area contributed by atoms with E-state index in [4.69, 9.17) is 23.2 Å². The fraction of sp³-hybridized carbons (Fsp3) is 0.176. The largest absolute Gasteiger partial charge is 0.550 e. The second kappa shape index (κ2) is 7.31. The SMILES string of the molecule is N#CC(c1ccccc1)C(CC(=O)[O-])c1cc(Cl)cc(Cl)c1. The summed E-state index contributed by atoms with van der Waals surface area (Å²) < 4.78 is 0. The molecule has 2 aromatic rings. The molecule has 2 unspecified atom stereocenters. The van der Waals surface area contributed by atoms with Crippen molar-refractivity contribution in [3.8, 4) is 6.07 Å². The number of nitrogens with zero attached hydrogens (tertiary/aromatic N) is 1. The number of aliphatic carboxylic acids is 1. The zero-order valence-corrected chi connectivity index (χ0v) is 13.0. The minimum absolute atomic E-state index is 0.288. The molecule has 0 bridgehead atoms. The summed E-state index contributed by atoms with van der Waals surface area (Å²) in [5, 5.41) is 21.4. The fourth-order valence-corrected chi connectivity index (χ4v) is 3.00. The lowest BCUT2D eigenvalue weighted by Crippen LogP contribution is -2.26. The van der Waals surface area contributed by atoms with Gasteiger partial charge < -0.3 is 9.90 Å². The highest BCUT2D eigenvalue weighted by Crippen LogP contribution is 2.37. The van der Waals surface area contributed by atoms with Crippen molar-refractivity contribution in [1.82, 2.24) is 0 Å². The van der Waals surface area contributed by atoms with Crippen molar-refractivity contribution >= 4 is 29.2 Å². The molecule has 0 aliphatic carbocycles. The monoisotopic (exact) mass is 332 g/mol. The first-order valence-electron chi connectivity index (χ1n) is 6.61. The summed E-state index contributed by atoms with van der Waals surface area (Å²) in [6.07, 6.45) is -0.288. The molecule has 0 heterocycles.